The molecule has 7 heteroatoms. The third-order valence-corrected chi connectivity index (χ3v) is 6.05. The lowest BCUT2D eigenvalue weighted by atomic mass is 10.1. The highest BCUT2D eigenvalue weighted by Gasteiger charge is 2.50. The van der Waals surface area contributed by atoms with Crippen LogP contribution < -0.4 is 0 Å². The number of carbonyl (C=O) groups excluding carboxylic acids is 2. The molecule has 0 bridgehead atoms. The Balaban J connectivity index is 1.26. The Morgan fingerprint density at radius 1 is 0.903 bits per heavy atom. The van der Waals surface area contributed by atoms with Crippen molar-refractivity contribution in [2.45, 2.75) is 18.4 Å². The second-order valence-electron chi connectivity index (χ2n) is 8.23. The second kappa shape index (κ2) is 7.42. The molecule has 158 valence electrons. The Labute approximate surface area is 178 Å². The zero-order valence-electron chi connectivity index (χ0n) is 16.9. The molecule has 1 saturated heterocycles. The molecular weight excluding hydrogens is 397 g/mol. The van der Waals surface area contributed by atoms with Crippen molar-refractivity contribution in [3.8, 4) is 11.3 Å². The van der Waals surface area contributed by atoms with E-state index >= 15 is 0 Å². The van der Waals surface area contributed by atoms with Gasteiger partial charge in [0.1, 0.15) is 11.4 Å². The van der Waals surface area contributed by atoms with Gasteiger partial charge in [0.25, 0.3) is 11.8 Å². The maximum Gasteiger partial charge on any atom is 0.254 e. The Kier molecular flexibility index (Phi) is 4.70. The first-order valence-electron chi connectivity index (χ1n) is 10.4. The maximum atomic E-state index is 13.4. The average Bonchev–Trinajstić information content (AvgIpc) is 3.56. The van der Waals surface area contributed by atoms with Crippen LogP contribution in [0.5, 0.6) is 0 Å². The standard InChI is InChI=1S/C24H22FN3O3/c25-19-6-8-21-18(15-19)5-7-20(26-21)16-1-3-17(4-2-16)22(29)27-11-13-28(14-12-27)23(30)24(31)9-10-24/h1-8,15,31H,9-14H2. The molecule has 1 aliphatic carbocycles. The molecule has 1 saturated carbocycles. The first-order chi connectivity index (χ1) is 14.9. The molecule has 5 rings (SSSR count). The van der Waals surface area contributed by atoms with Crippen molar-refractivity contribution in [1.29, 1.82) is 0 Å². The van der Waals surface area contributed by atoms with Gasteiger partial charge in [-0.25, -0.2) is 9.37 Å². The number of hydrogen-bond donors (Lipinski definition) is 1. The van der Waals surface area contributed by atoms with Crippen molar-refractivity contribution in [1.82, 2.24) is 14.8 Å². The van der Waals surface area contributed by atoms with E-state index in [1.165, 1.54) is 12.1 Å². The van der Waals surface area contributed by atoms with Gasteiger partial charge in [0.05, 0.1) is 11.2 Å². The molecule has 2 amide bonds. The Morgan fingerprint density at radius 2 is 1.58 bits per heavy atom. The van der Waals surface area contributed by atoms with Crippen LogP contribution in [0.4, 0.5) is 4.39 Å². The average molecular weight is 419 g/mol. The minimum atomic E-state index is -1.16. The van der Waals surface area contributed by atoms with Gasteiger partial charge in [0, 0.05) is 42.7 Å². The van der Waals surface area contributed by atoms with Crippen molar-refractivity contribution >= 4 is 22.7 Å². The molecule has 0 radical (unpaired) electrons. The van der Waals surface area contributed by atoms with E-state index < -0.39 is 5.60 Å². The van der Waals surface area contributed by atoms with Crippen LogP contribution in [0.1, 0.15) is 23.2 Å². The molecule has 6 nitrogen and oxygen atoms in total. The molecule has 2 heterocycles. The lowest BCUT2D eigenvalue weighted by Crippen LogP contribution is -2.53. The fourth-order valence-electron chi connectivity index (χ4n) is 3.96. The van der Waals surface area contributed by atoms with Gasteiger partial charge >= 0.3 is 0 Å². The number of hydrogen-bond acceptors (Lipinski definition) is 4. The van der Waals surface area contributed by atoms with Crippen LogP contribution in [-0.2, 0) is 4.79 Å². The van der Waals surface area contributed by atoms with Crippen molar-refractivity contribution in [2.75, 3.05) is 26.2 Å². The van der Waals surface area contributed by atoms with Gasteiger partial charge in [-0.2, -0.15) is 0 Å². The smallest absolute Gasteiger partial charge is 0.254 e. The van der Waals surface area contributed by atoms with Crippen molar-refractivity contribution < 1.29 is 19.1 Å². The molecule has 2 fully saturated rings. The Bertz CT molecular complexity index is 1170. The molecule has 2 aliphatic rings. The van der Waals surface area contributed by atoms with E-state index in [2.05, 4.69) is 4.98 Å². The summed E-state index contributed by atoms with van der Waals surface area (Å²) in [6, 6.07) is 15.4. The third-order valence-electron chi connectivity index (χ3n) is 6.05. The Hall–Kier alpha value is -3.32. The number of nitrogens with zero attached hydrogens (tertiary/aromatic N) is 3. The molecule has 0 spiro atoms. The first-order valence-corrected chi connectivity index (χ1v) is 10.4. The number of carbonyl (C=O) groups is 2. The predicted molar refractivity (Wildman–Crippen MR) is 114 cm³/mol. The van der Waals surface area contributed by atoms with Crippen LogP contribution in [0.3, 0.4) is 0 Å². The minimum Gasteiger partial charge on any atom is -0.380 e. The van der Waals surface area contributed by atoms with Gasteiger partial charge in [0.2, 0.25) is 0 Å². The number of fused-ring (bicyclic) bond motifs is 1. The number of halogens is 1. The highest BCUT2D eigenvalue weighted by Crippen LogP contribution is 2.37. The fraction of sp³-hybridized carbons (Fsp3) is 0.292. The highest BCUT2D eigenvalue weighted by atomic mass is 19.1. The zero-order valence-corrected chi connectivity index (χ0v) is 16.9. The molecule has 1 aliphatic heterocycles. The number of rotatable bonds is 3. The number of aliphatic hydroxyl groups is 1. The van der Waals surface area contributed by atoms with Crippen LogP contribution in [0.25, 0.3) is 22.2 Å². The van der Waals surface area contributed by atoms with Gasteiger partial charge in [-0.05, 0) is 49.2 Å². The first kappa shape index (κ1) is 19.6. The largest absolute Gasteiger partial charge is 0.380 e. The SMILES string of the molecule is O=C(c1ccc(-c2ccc3cc(F)ccc3n2)cc1)N1CCN(C(=O)C2(O)CC2)CC1. The summed E-state index contributed by atoms with van der Waals surface area (Å²) in [5.41, 5.74) is 1.75. The normalized spacial score (nSPS) is 17.6. The summed E-state index contributed by atoms with van der Waals surface area (Å²) in [6.07, 6.45) is 1.06. The maximum absolute atomic E-state index is 13.4. The van der Waals surface area contributed by atoms with Gasteiger partial charge in [-0.3, -0.25) is 9.59 Å². The van der Waals surface area contributed by atoms with E-state index in [1.807, 2.05) is 24.3 Å². The van der Waals surface area contributed by atoms with Gasteiger partial charge in [0.15, 0.2) is 0 Å². The lowest BCUT2D eigenvalue weighted by molar-refractivity contribution is -0.143. The summed E-state index contributed by atoms with van der Waals surface area (Å²) < 4.78 is 13.4. The van der Waals surface area contributed by atoms with E-state index in [4.69, 9.17) is 0 Å². The van der Waals surface area contributed by atoms with Crippen LogP contribution >= 0.6 is 0 Å². The van der Waals surface area contributed by atoms with Crippen molar-refractivity contribution in [2.24, 2.45) is 0 Å². The van der Waals surface area contributed by atoms with E-state index in [0.29, 0.717) is 50.1 Å². The molecule has 3 aromatic rings. The number of amides is 2. The van der Waals surface area contributed by atoms with E-state index in [9.17, 15) is 19.1 Å². The van der Waals surface area contributed by atoms with Gasteiger partial charge in [-0.1, -0.05) is 18.2 Å². The van der Waals surface area contributed by atoms with E-state index in [0.717, 1.165) is 16.6 Å². The van der Waals surface area contributed by atoms with Crippen LogP contribution in [0.2, 0.25) is 0 Å². The third kappa shape index (κ3) is 3.77. The molecule has 1 aromatic heterocycles. The number of aromatic nitrogens is 1. The van der Waals surface area contributed by atoms with Crippen LogP contribution in [0.15, 0.2) is 54.6 Å². The number of piperazine rings is 1. The summed E-state index contributed by atoms with van der Waals surface area (Å²) in [4.78, 5) is 33.1. The van der Waals surface area contributed by atoms with Crippen molar-refractivity contribution in [3.05, 3.63) is 66.0 Å². The highest BCUT2D eigenvalue weighted by molar-refractivity contribution is 5.95. The quantitative estimate of drug-likeness (QED) is 0.709. The lowest BCUT2D eigenvalue weighted by Gasteiger charge is -2.35. The molecule has 0 atom stereocenters. The summed E-state index contributed by atoms with van der Waals surface area (Å²) in [5, 5.41) is 10.7. The fourth-order valence-corrected chi connectivity index (χ4v) is 3.96. The van der Waals surface area contributed by atoms with Gasteiger partial charge < -0.3 is 14.9 Å². The summed E-state index contributed by atoms with van der Waals surface area (Å²) in [6.45, 7) is 1.77. The zero-order chi connectivity index (χ0) is 21.6. The predicted octanol–water partition coefficient (Wildman–Crippen LogP) is 2.85. The molecule has 2 aromatic carbocycles. The molecule has 0 unspecified atom stereocenters. The van der Waals surface area contributed by atoms with E-state index in [-0.39, 0.29) is 17.6 Å². The molecular formula is C24H22FN3O3. The number of pyridine rings is 1. The summed E-state index contributed by atoms with van der Waals surface area (Å²) in [7, 11) is 0. The van der Waals surface area contributed by atoms with Gasteiger partial charge in [-0.15, -0.1) is 0 Å². The van der Waals surface area contributed by atoms with Crippen LogP contribution in [-0.4, -0.2) is 63.5 Å². The minimum absolute atomic E-state index is 0.0780. The van der Waals surface area contributed by atoms with E-state index in [1.54, 1.807) is 28.0 Å². The monoisotopic (exact) mass is 419 g/mol. The molecule has 31 heavy (non-hydrogen) atoms. The second-order valence-corrected chi connectivity index (χ2v) is 8.23. The van der Waals surface area contributed by atoms with Crippen LogP contribution in [0, 0.1) is 5.82 Å². The van der Waals surface area contributed by atoms with Crippen molar-refractivity contribution in [3.63, 3.8) is 0 Å². The Morgan fingerprint density at radius 3 is 2.26 bits per heavy atom. The summed E-state index contributed by atoms with van der Waals surface area (Å²) in [5.74, 6) is -0.584. The number of benzene rings is 2. The summed E-state index contributed by atoms with van der Waals surface area (Å²) >= 11 is 0. The topological polar surface area (TPSA) is 73.7 Å². The molecule has 1 N–H and O–H groups in total.